The highest BCUT2D eigenvalue weighted by molar-refractivity contribution is 5.87. The van der Waals surface area contributed by atoms with Crippen LogP contribution in [0, 0.1) is 5.92 Å². The molecule has 1 aromatic carbocycles. The summed E-state index contributed by atoms with van der Waals surface area (Å²) in [5.41, 5.74) is 4.74. The van der Waals surface area contributed by atoms with Crippen LogP contribution in [0.1, 0.15) is 38.2 Å². The molecule has 1 amide bonds. The molecule has 20 heavy (non-hydrogen) atoms. The Kier molecular flexibility index (Phi) is 5.16. The number of hydrazone groups is 1. The molecule has 1 fully saturated rings. The van der Waals surface area contributed by atoms with E-state index in [0.29, 0.717) is 12.3 Å². The molecule has 0 saturated heterocycles. The van der Waals surface area contributed by atoms with Gasteiger partial charge in [0.05, 0.1) is 13.5 Å². The second-order valence-electron chi connectivity index (χ2n) is 5.44. The molecule has 1 aliphatic carbocycles. The SMILES string of the molecule is COc1ccc(CC(=O)NN=C2CCC[C@H](C)C2)cc1. The van der Waals surface area contributed by atoms with E-state index < -0.39 is 0 Å². The minimum atomic E-state index is -0.0686. The van der Waals surface area contributed by atoms with E-state index in [-0.39, 0.29) is 5.91 Å². The lowest BCUT2D eigenvalue weighted by atomic mass is 9.89. The van der Waals surface area contributed by atoms with E-state index in [1.54, 1.807) is 7.11 Å². The van der Waals surface area contributed by atoms with Gasteiger partial charge in [-0.3, -0.25) is 4.79 Å². The van der Waals surface area contributed by atoms with Crippen molar-refractivity contribution < 1.29 is 9.53 Å². The second kappa shape index (κ2) is 7.08. The van der Waals surface area contributed by atoms with Gasteiger partial charge in [-0.05, 0) is 49.3 Å². The van der Waals surface area contributed by atoms with E-state index in [2.05, 4.69) is 17.5 Å². The number of benzene rings is 1. The van der Waals surface area contributed by atoms with Crippen molar-refractivity contribution in [3.8, 4) is 5.75 Å². The maximum atomic E-state index is 11.8. The Labute approximate surface area is 120 Å². The molecular formula is C16H22N2O2. The highest BCUT2D eigenvalue weighted by atomic mass is 16.5. The second-order valence-corrected chi connectivity index (χ2v) is 5.44. The monoisotopic (exact) mass is 274 g/mol. The van der Waals surface area contributed by atoms with Crippen molar-refractivity contribution in [1.82, 2.24) is 5.43 Å². The maximum absolute atomic E-state index is 11.8. The fourth-order valence-electron chi connectivity index (χ4n) is 2.47. The third-order valence-corrected chi connectivity index (χ3v) is 3.61. The number of hydrogen-bond acceptors (Lipinski definition) is 3. The Morgan fingerprint density at radius 2 is 2.15 bits per heavy atom. The molecule has 108 valence electrons. The molecule has 0 spiro atoms. The lowest BCUT2D eigenvalue weighted by molar-refractivity contribution is -0.120. The average Bonchev–Trinajstić information content (AvgIpc) is 2.46. The first-order valence-corrected chi connectivity index (χ1v) is 7.14. The van der Waals surface area contributed by atoms with Gasteiger partial charge in [-0.25, -0.2) is 5.43 Å². The van der Waals surface area contributed by atoms with E-state index >= 15 is 0 Å². The van der Waals surface area contributed by atoms with E-state index in [1.807, 2.05) is 24.3 Å². The number of ether oxygens (including phenoxy) is 1. The van der Waals surface area contributed by atoms with Crippen molar-refractivity contribution in [2.75, 3.05) is 7.11 Å². The van der Waals surface area contributed by atoms with Crippen molar-refractivity contribution in [3.05, 3.63) is 29.8 Å². The summed E-state index contributed by atoms with van der Waals surface area (Å²) in [6.45, 7) is 2.23. The molecule has 0 unspecified atom stereocenters. The summed E-state index contributed by atoms with van der Waals surface area (Å²) in [7, 11) is 1.63. The Hall–Kier alpha value is -1.84. The molecule has 4 nitrogen and oxygen atoms in total. The summed E-state index contributed by atoms with van der Waals surface area (Å²) in [5, 5.41) is 4.26. The topological polar surface area (TPSA) is 50.7 Å². The van der Waals surface area contributed by atoms with Crippen LogP contribution in [0.3, 0.4) is 0 Å². The van der Waals surface area contributed by atoms with Crippen LogP contribution < -0.4 is 10.2 Å². The molecule has 1 aromatic rings. The Balaban J connectivity index is 1.84. The molecule has 4 heteroatoms. The maximum Gasteiger partial charge on any atom is 0.244 e. The molecule has 1 aliphatic rings. The van der Waals surface area contributed by atoms with Crippen molar-refractivity contribution in [2.45, 2.75) is 39.0 Å². The van der Waals surface area contributed by atoms with Crippen molar-refractivity contribution in [1.29, 1.82) is 0 Å². The molecule has 1 atom stereocenters. The molecule has 2 rings (SSSR count). The van der Waals surface area contributed by atoms with Crippen LogP contribution in [0.4, 0.5) is 0 Å². The lowest BCUT2D eigenvalue weighted by Crippen LogP contribution is -2.23. The smallest absolute Gasteiger partial charge is 0.244 e. The van der Waals surface area contributed by atoms with Crippen molar-refractivity contribution in [3.63, 3.8) is 0 Å². The van der Waals surface area contributed by atoms with Crippen LogP contribution in [-0.4, -0.2) is 18.7 Å². The van der Waals surface area contributed by atoms with Crippen LogP contribution in [-0.2, 0) is 11.2 Å². The van der Waals surface area contributed by atoms with Gasteiger partial charge in [0.25, 0.3) is 0 Å². The molecule has 0 aromatic heterocycles. The summed E-state index contributed by atoms with van der Waals surface area (Å²) in [5.74, 6) is 1.41. The molecule has 0 aliphatic heterocycles. The summed E-state index contributed by atoms with van der Waals surface area (Å²) in [4.78, 5) is 11.8. The number of rotatable bonds is 4. The summed E-state index contributed by atoms with van der Waals surface area (Å²) in [6.07, 6.45) is 4.79. The normalized spacial score (nSPS) is 20.7. The van der Waals surface area contributed by atoms with E-state index in [9.17, 15) is 4.79 Å². The van der Waals surface area contributed by atoms with Gasteiger partial charge in [0, 0.05) is 5.71 Å². The highest BCUT2D eigenvalue weighted by Gasteiger charge is 2.14. The lowest BCUT2D eigenvalue weighted by Gasteiger charge is -2.18. The zero-order valence-corrected chi connectivity index (χ0v) is 12.2. The molecular weight excluding hydrogens is 252 g/mol. The minimum Gasteiger partial charge on any atom is -0.497 e. The van der Waals surface area contributed by atoms with E-state index in [1.165, 1.54) is 12.8 Å². The molecule has 0 radical (unpaired) electrons. The van der Waals surface area contributed by atoms with Gasteiger partial charge in [0.15, 0.2) is 0 Å². The van der Waals surface area contributed by atoms with Crippen LogP contribution in [0.5, 0.6) is 5.75 Å². The van der Waals surface area contributed by atoms with E-state index in [0.717, 1.165) is 29.9 Å². The molecule has 0 heterocycles. The third-order valence-electron chi connectivity index (χ3n) is 3.61. The fourth-order valence-corrected chi connectivity index (χ4v) is 2.47. The van der Waals surface area contributed by atoms with Gasteiger partial charge in [-0.2, -0.15) is 5.10 Å². The van der Waals surface area contributed by atoms with Crippen molar-refractivity contribution in [2.24, 2.45) is 11.0 Å². The zero-order valence-electron chi connectivity index (χ0n) is 12.2. The summed E-state index contributed by atoms with van der Waals surface area (Å²) >= 11 is 0. The number of methoxy groups -OCH3 is 1. The van der Waals surface area contributed by atoms with Gasteiger partial charge in [-0.15, -0.1) is 0 Å². The largest absolute Gasteiger partial charge is 0.497 e. The first kappa shape index (κ1) is 14.6. The highest BCUT2D eigenvalue weighted by Crippen LogP contribution is 2.20. The van der Waals surface area contributed by atoms with Gasteiger partial charge < -0.3 is 4.74 Å². The van der Waals surface area contributed by atoms with Crippen molar-refractivity contribution >= 4 is 11.6 Å². The first-order valence-electron chi connectivity index (χ1n) is 7.14. The van der Waals surface area contributed by atoms with Crippen LogP contribution in [0.25, 0.3) is 0 Å². The van der Waals surface area contributed by atoms with Crippen LogP contribution in [0.2, 0.25) is 0 Å². The predicted molar refractivity (Wildman–Crippen MR) is 79.9 cm³/mol. The average molecular weight is 274 g/mol. The molecule has 1 N–H and O–H groups in total. The number of carbonyl (C=O) groups excluding carboxylic acids is 1. The Bertz CT molecular complexity index is 480. The van der Waals surface area contributed by atoms with Gasteiger partial charge in [-0.1, -0.05) is 19.1 Å². The zero-order chi connectivity index (χ0) is 14.4. The van der Waals surface area contributed by atoms with E-state index in [4.69, 9.17) is 4.74 Å². The van der Waals surface area contributed by atoms with Gasteiger partial charge in [0.1, 0.15) is 5.75 Å². The van der Waals surface area contributed by atoms with Crippen LogP contribution >= 0.6 is 0 Å². The van der Waals surface area contributed by atoms with Crippen LogP contribution in [0.15, 0.2) is 29.4 Å². The molecule has 0 bridgehead atoms. The third kappa shape index (κ3) is 4.37. The number of nitrogens with zero attached hydrogens (tertiary/aromatic N) is 1. The minimum absolute atomic E-state index is 0.0686. The Morgan fingerprint density at radius 1 is 1.40 bits per heavy atom. The Morgan fingerprint density at radius 3 is 2.80 bits per heavy atom. The predicted octanol–water partition coefficient (Wildman–Crippen LogP) is 2.92. The number of nitrogens with one attached hydrogen (secondary N) is 1. The fraction of sp³-hybridized carbons (Fsp3) is 0.500. The number of hydrogen-bond donors (Lipinski definition) is 1. The first-order chi connectivity index (χ1) is 9.67. The standard InChI is InChI=1S/C16H22N2O2/c1-12-4-3-5-14(10-12)17-18-16(19)11-13-6-8-15(20-2)9-7-13/h6-9,12H,3-5,10-11H2,1-2H3,(H,18,19)/t12-/m0/s1. The number of carbonyl (C=O) groups is 1. The van der Waals surface area contributed by atoms with Gasteiger partial charge >= 0.3 is 0 Å². The number of amides is 1. The summed E-state index contributed by atoms with van der Waals surface area (Å²) in [6, 6.07) is 7.51. The quantitative estimate of drug-likeness (QED) is 0.858. The van der Waals surface area contributed by atoms with Gasteiger partial charge in [0.2, 0.25) is 5.91 Å². The molecule has 1 saturated carbocycles. The summed E-state index contributed by atoms with van der Waals surface area (Å²) < 4.78 is 5.09.